The van der Waals surface area contributed by atoms with Crippen molar-refractivity contribution in [2.24, 2.45) is 0 Å². The smallest absolute Gasteiger partial charge is 0.0579 e. The maximum absolute atomic E-state index is 12.2. The highest BCUT2D eigenvalue weighted by molar-refractivity contribution is 7.86. The zero-order valence-corrected chi connectivity index (χ0v) is 16.8. The Morgan fingerprint density at radius 1 is 0.783 bits per heavy atom. The van der Waals surface area contributed by atoms with E-state index in [1.54, 1.807) is 0 Å². The molecule has 0 aromatic heterocycles. The minimum Gasteiger partial charge on any atom is -0.395 e. The Balaban J connectivity index is 3.37. The number of hydrogen-bond donors (Lipinski definition) is 1. The first-order valence-electron chi connectivity index (χ1n) is 10.2. The molecule has 0 aliphatic carbocycles. The van der Waals surface area contributed by atoms with E-state index in [1.165, 1.54) is 77.0 Å². The van der Waals surface area contributed by atoms with Crippen molar-refractivity contribution in [1.29, 1.82) is 0 Å². The van der Waals surface area contributed by atoms with Crippen LogP contribution in [0.15, 0.2) is 0 Å². The molecule has 0 aromatic rings. The number of rotatable bonds is 17. The molecular weight excluding hydrogens is 304 g/mol. The van der Waals surface area contributed by atoms with Crippen LogP contribution in [-0.2, 0) is 10.8 Å². The van der Waals surface area contributed by atoms with Gasteiger partial charge in [0.1, 0.15) is 0 Å². The molecule has 140 valence electrons. The zero-order chi connectivity index (χ0) is 17.3. The van der Waals surface area contributed by atoms with Gasteiger partial charge in [-0.2, -0.15) is 0 Å². The average Bonchev–Trinajstić information content (AvgIpc) is 2.56. The lowest BCUT2D eigenvalue weighted by atomic mass is 10.0. The maximum Gasteiger partial charge on any atom is 0.0579 e. The zero-order valence-electron chi connectivity index (χ0n) is 16.0. The van der Waals surface area contributed by atoms with Gasteiger partial charge < -0.3 is 5.11 Å². The first-order valence-corrected chi connectivity index (χ1v) is 11.4. The summed E-state index contributed by atoms with van der Waals surface area (Å²) in [4.78, 5) is 0. The molecule has 0 rings (SSSR count). The van der Waals surface area contributed by atoms with Crippen LogP contribution in [0.1, 0.15) is 111 Å². The van der Waals surface area contributed by atoms with Gasteiger partial charge in [0.2, 0.25) is 0 Å². The minimum absolute atomic E-state index is 0.0256. The van der Waals surface area contributed by atoms with Crippen molar-refractivity contribution in [3.05, 3.63) is 0 Å². The van der Waals surface area contributed by atoms with Crippen LogP contribution < -0.4 is 0 Å². The third-order valence-corrected chi connectivity index (χ3v) is 7.02. The molecule has 0 aliphatic heterocycles. The Labute approximate surface area is 148 Å². The first-order chi connectivity index (χ1) is 11.2. The summed E-state index contributed by atoms with van der Waals surface area (Å²) >= 11 is 0. The van der Waals surface area contributed by atoms with Crippen molar-refractivity contribution in [2.75, 3.05) is 6.61 Å². The van der Waals surface area contributed by atoms with E-state index in [9.17, 15) is 9.32 Å². The lowest BCUT2D eigenvalue weighted by Gasteiger charge is -2.17. The van der Waals surface area contributed by atoms with Crippen LogP contribution in [0.25, 0.3) is 0 Å². The fourth-order valence-electron chi connectivity index (χ4n) is 3.08. The molecule has 0 saturated heterocycles. The van der Waals surface area contributed by atoms with Crippen molar-refractivity contribution in [1.82, 2.24) is 0 Å². The van der Waals surface area contributed by atoms with E-state index in [0.717, 1.165) is 12.8 Å². The van der Waals surface area contributed by atoms with E-state index in [2.05, 4.69) is 13.8 Å². The third kappa shape index (κ3) is 13.1. The third-order valence-electron chi connectivity index (χ3n) is 4.85. The van der Waals surface area contributed by atoms with Gasteiger partial charge in [-0.1, -0.05) is 97.8 Å². The highest BCUT2D eigenvalue weighted by Gasteiger charge is 2.19. The van der Waals surface area contributed by atoms with Crippen LogP contribution in [0.5, 0.6) is 0 Å². The molecule has 0 heterocycles. The fraction of sp³-hybridized carbons (Fsp3) is 1.00. The summed E-state index contributed by atoms with van der Waals surface area (Å²) in [6, 6.07) is 0. The van der Waals surface area contributed by atoms with E-state index >= 15 is 0 Å². The highest BCUT2D eigenvalue weighted by Crippen LogP contribution is 2.16. The van der Waals surface area contributed by atoms with Gasteiger partial charge in [-0.05, 0) is 12.8 Å². The van der Waals surface area contributed by atoms with Gasteiger partial charge >= 0.3 is 0 Å². The second kappa shape index (κ2) is 17.0. The van der Waals surface area contributed by atoms with E-state index < -0.39 is 10.8 Å². The second-order valence-electron chi connectivity index (χ2n) is 7.03. The average molecular weight is 347 g/mol. The van der Waals surface area contributed by atoms with Crippen molar-refractivity contribution in [3.8, 4) is 0 Å². The molecule has 3 atom stereocenters. The molecule has 1 N–H and O–H groups in total. The van der Waals surface area contributed by atoms with Crippen LogP contribution in [0.3, 0.4) is 0 Å². The van der Waals surface area contributed by atoms with Gasteiger partial charge in [0.25, 0.3) is 0 Å². The van der Waals surface area contributed by atoms with Gasteiger partial charge in [-0.25, -0.2) is 0 Å². The maximum atomic E-state index is 12.2. The van der Waals surface area contributed by atoms with E-state index in [0.29, 0.717) is 0 Å². The molecule has 0 radical (unpaired) electrons. The Morgan fingerprint density at radius 2 is 1.22 bits per heavy atom. The molecule has 0 fully saturated rings. The summed E-state index contributed by atoms with van der Waals surface area (Å²) in [5.41, 5.74) is 0. The molecule has 0 amide bonds. The summed E-state index contributed by atoms with van der Waals surface area (Å²) in [5.74, 6) is 0. The highest BCUT2D eigenvalue weighted by atomic mass is 32.2. The van der Waals surface area contributed by atoms with Crippen LogP contribution >= 0.6 is 0 Å². The van der Waals surface area contributed by atoms with E-state index in [4.69, 9.17) is 0 Å². The largest absolute Gasteiger partial charge is 0.395 e. The normalized spacial score (nSPS) is 15.5. The Morgan fingerprint density at radius 3 is 1.61 bits per heavy atom. The molecule has 3 heteroatoms. The molecule has 23 heavy (non-hydrogen) atoms. The van der Waals surface area contributed by atoms with Crippen LogP contribution in [-0.4, -0.2) is 26.4 Å². The molecule has 0 aliphatic rings. The quantitative estimate of drug-likeness (QED) is 0.329. The molecule has 0 saturated carbocycles. The van der Waals surface area contributed by atoms with E-state index in [1.807, 2.05) is 6.92 Å². The summed E-state index contributed by atoms with van der Waals surface area (Å²) in [6.07, 6.45) is 18.2. The Kier molecular flexibility index (Phi) is 17.0. The van der Waals surface area contributed by atoms with Crippen LogP contribution in [0.2, 0.25) is 0 Å². The van der Waals surface area contributed by atoms with Crippen molar-refractivity contribution in [3.63, 3.8) is 0 Å². The molecule has 2 nitrogen and oxygen atoms in total. The van der Waals surface area contributed by atoms with Gasteiger partial charge in [0, 0.05) is 16.0 Å². The van der Waals surface area contributed by atoms with Gasteiger partial charge in [0.15, 0.2) is 0 Å². The predicted octanol–water partition coefficient (Wildman–Crippen LogP) is 5.99. The van der Waals surface area contributed by atoms with Gasteiger partial charge in [-0.15, -0.1) is 0 Å². The standard InChI is InChI=1S/C20H42O2S/c1-4-6-7-8-9-10-11-12-13-14-15-16-17-19(3)23(22)20(5-2)18-21/h19-21H,4-18H2,1-3H3. The summed E-state index contributed by atoms with van der Waals surface area (Å²) in [6.45, 7) is 6.42. The summed E-state index contributed by atoms with van der Waals surface area (Å²) in [5, 5.41) is 9.43. The fourth-order valence-corrected chi connectivity index (χ4v) is 4.62. The predicted molar refractivity (Wildman–Crippen MR) is 104 cm³/mol. The Bertz CT molecular complexity index is 264. The van der Waals surface area contributed by atoms with Crippen molar-refractivity contribution >= 4 is 10.8 Å². The van der Waals surface area contributed by atoms with Crippen molar-refractivity contribution in [2.45, 2.75) is 121 Å². The molecule has 0 spiro atoms. The number of hydrogen-bond acceptors (Lipinski definition) is 2. The lowest BCUT2D eigenvalue weighted by molar-refractivity contribution is 0.290. The summed E-state index contributed by atoms with van der Waals surface area (Å²) in [7, 11) is -0.868. The monoisotopic (exact) mass is 346 g/mol. The molecule has 0 aromatic carbocycles. The number of unbranched alkanes of at least 4 members (excludes halogenated alkanes) is 11. The van der Waals surface area contributed by atoms with Gasteiger partial charge in [0.05, 0.1) is 11.9 Å². The minimum atomic E-state index is -0.868. The van der Waals surface area contributed by atoms with E-state index in [-0.39, 0.29) is 17.1 Å². The SMILES string of the molecule is CCCCCCCCCCCCCCC(C)S(=O)C(CC)CO. The Hall–Kier alpha value is 0.110. The topological polar surface area (TPSA) is 37.3 Å². The van der Waals surface area contributed by atoms with Crippen LogP contribution in [0.4, 0.5) is 0 Å². The number of aliphatic hydroxyl groups excluding tert-OH is 1. The molecular formula is C20H42O2S. The lowest BCUT2D eigenvalue weighted by Crippen LogP contribution is -2.26. The van der Waals surface area contributed by atoms with Gasteiger partial charge in [-0.3, -0.25) is 4.21 Å². The van der Waals surface area contributed by atoms with Crippen LogP contribution in [0, 0.1) is 0 Å². The number of aliphatic hydroxyl groups is 1. The molecule has 3 unspecified atom stereocenters. The molecule has 0 bridgehead atoms. The summed E-state index contributed by atoms with van der Waals surface area (Å²) < 4.78 is 12.2. The van der Waals surface area contributed by atoms with Crippen molar-refractivity contribution < 1.29 is 9.32 Å². The first kappa shape index (κ1) is 23.1. The second-order valence-corrected chi connectivity index (χ2v) is 9.16.